The first kappa shape index (κ1) is 18.8. The predicted octanol–water partition coefficient (Wildman–Crippen LogP) is 5.70. The van der Waals surface area contributed by atoms with Gasteiger partial charge in [0.2, 0.25) is 0 Å². The van der Waals surface area contributed by atoms with Gasteiger partial charge in [0.1, 0.15) is 5.75 Å². The third kappa shape index (κ3) is 3.48. The molecule has 7 heteroatoms. The first-order valence-corrected chi connectivity index (χ1v) is 9.73. The van der Waals surface area contributed by atoms with Crippen LogP contribution in [0.1, 0.15) is 29.4 Å². The van der Waals surface area contributed by atoms with Crippen LogP contribution in [0.2, 0.25) is 10.0 Å². The first-order valence-electron chi connectivity index (χ1n) is 8.98. The van der Waals surface area contributed by atoms with Crippen LogP contribution in [0.3, 0.4) is 0 Å². The molecular formula is C21H19Cl2N3O2. The molecule has 0 radical (unpaired) electrons. The Hall–Kier alpha value is -2.50. The van der Waals surface area contributed by atoms with Crippen LogP contribution in [0, 0.1) is 5.92 Å². The average Bonchev–Trinajstić information content (AvgIpc) is 3.03. The number of carbonyl (C=O) groups is 1. The van der Waals surface area contributed by atoms with E-state index in [4.69, 9.17) is 33.0 Å². The van der Waals surface area contributed by atoms with Gasteiger partial charge in [0.25, 0.3) is 0 Å². The molecule has 144 valence electrons. The van der Waals surface area contributed by atoms with Gasteiger partial charge in [-0.25, -0.2) is 4.68 Å². The molecule has 1 aliphatic rings. The van der Waals surface area contributed by atoms with E-state index in [1.54, 1.807) is 19.2 Å². The number of methoxy groups -OCH3 is 1. The highest BCUT2D eigenvalue weighted by molar-refractivity contribution is 6.42. The number of rotatable bonds is 4. The molecule has 1 unspecified atom stereocenters. The smallest absolute Gasteiger partial charge is 0.168 e. The Bertz CT molecular complexity index is 1040. The average molecular weight is 416 g/mol. The summed E-state index contributed by atoms with van der Waals surface area (Å²) in [5.41, 5.74) is 3.15. The third-order valence-electron chi connectivity index (χ3n) is 4.83. The molecule has 0 saturated heterocycles. The van der Waals surface area contributed by atoms with Crippen LogP contribution in [0.25, 0.3) is 5.69 Å². The molecule has 5 nitrogen and oxygen atoms in total. The summed E-state index contributed by atoms with van der Waals surface area (Å²) in [6.07, 6.45) is 1.29. The number of fused-ring (bicyclic) bond motifs is 1. The summed E-state index contributed by atoms with van der Waals surface area (Å²) in [7, 11) is 1.63. The van der Waals surface area contributed by atoms with E-state index < -0.39 is 0 Å². The Kier molecular flexibility index (Phi) is 5.04. The lowest BCUT2D eigenvalue weighted by Gasteiger charge is -2.19. The number of aromatic nitrogens is 2. The molecule has 0 fully saturated rings. The van der Waals surface area contributed by atoms with Crippen LogP contribution >= 0.6 is 23.2 Å². The molecule has 0 bridgehead atoms. The van der Waals surface area contributed by atoms with Crippen molar-refractivity contribution in [3.8, 4) is 11.4 Å². The number of carbonyl (C=O) groups excluding carboxylic acids is 1. The van der Waals surface area contributed by atoms with Crippen molar-refractivity contribution in [1.29, 1.82) is 0 Å². The highest BCUT2D eigenvalue weighted by Crippen LogP contribution is 2.35. The van der Waals surface area contributed by atoms with Crippen molar-refractivity contribution in [3.63, 3.8) is 0 Å². The van der Waals surface area contributed by atoms with Gasteiger partial charge in [0.05, 0.1) is 34.1 Å². The van der Waals surface area contributed by atoms with E-state index in [1.165, 1.54) is 0 Å². The van der Waals surface area contributed by atoms with Crippen LogP contribution in [0.5, 0.6) is 5.75 Å². The Morgan fingerprint density at radius 3 is 2.54 bits per heavy atom. The second-order valence-corrected chi connectivity index (χ2v) is 7.79. The fraction of sp³-hybridized carbons (Fsp3) is 0.238. The standard InChI is InChI=1S/C21H19Cl2N3O2/c1-12-9-18-20(19(27)10-12)21(24-13-3-8-16(22)17(23)11-13)25-26(18)14-4-6-15(28-2)7-5-14/h3-8,11-12H,9-10H2,1-2H3,(H,24,25). The van der Waals surface area contributed by atoms with Gasteiger partial charge in [0.15, 0.2) is 11.6 Å². The van der Waals surface area contributed by atoms with Gasteiger partial charge in [-0.15, -0.1) is 5.10 Å². The zero-order valence-corrected chi connectivity index (χ0v) is 17.0. The van der Waals surface area contributed by atoms with Crippen LogP contribution < -0.4 is 10.1 Å². The van der Waals surface area contributed by atoms with E-state index in [-0.39, 0.29) is 11.7 Å². The van der Waals surface area contributed by atoms with E-state index >= 15 is 0 Å². The number of anilines is 2. The summed E-state index contributed by atoms with van der Waals surface area (Å²) >= 11 is 12.1. The monoisotopic (exact) mass is 415 g/mol. The highest BCUT2D eigenvalue weighted by Gasteiger charge is 2.31. The minimum Gasteiger partial charge on any atom is -0.497 e. The number of nitrogens with one attached hydrogen (secondary N) is 1. The molecule has 1 aliphatic carbocycles. The summed E-state index contributed by atoms with van der Waals surface area (Å²) < 4.78 is 7.07. The molecule has 0 spiro atoms. The molecule has 0 aliphatic heterocycles. The van der Waals surface area contributed by atoms with Crippen molar-refractivity contribution in [2.45, 2.75) is 19.8 Å². The van der Waals surface area contributed by atoms with E-state index in [9.17, 15) is 4.79 Å². The molecule has 0 saturated carbocycles. The number of nitrogens with zero attached hydrogens (tertiary/aromatic N) is 2. The Morgan fingerprint density at radius 1 is 1.11 bits per heavy atom. The predicted molar refractivity (Wildman–Crippen MR) is 112 cm³/mol. The molecule has 2 aromatic carbocycles. The summed E-state index contributed by atoms with van der Waals surface area (Å²) in [4.78, 5) is 12.8. The fourth-order valence-corrected chi connectivity index (χ4v) is 3.79. The Balaban J connectivity index is 1.80. The van der Waals surface area contributed by atoms with Crippen molar-refractivity contribution in [2.24, 2.45) is 5.92 Å². The minimum atomic E-state index is 0.0936. The van der Waals surface area contributed by atoms with E-state index in [0.717, 1.165) is 29.2 Å². The maximum absolute atomic E-state index is 12.8. The molecule has 1 atom stereocenters. The molecule has 1 N–H and O–H groups in total. The number of Topliss-reactive ketones (excluding diaryl/α,β-unsaturated/α-hetero) is 1. The number of hydrogen-bond donors (Lipinski definition) is 1. The van der Waals surface area contributed by atoms with Crippen molar-refractivity contribution in [2.75, 3.05) is 12.4 Å². The van der Waals surface area contributed by atoms with Crippen LogP contribution in [0.15, 0.2) is 42.5 Å². The van der Waals surface area contributed by atoms with Gasteiger partial charge in [0, 0.05) is 12.1 Å². The van der Waals surface area contributed by atoms with Crippen molar-refractivity contribution in [1.82, 2.24) is 9.78 Å². The minimum absolute atomic E-state index is 0.0936. The number of benzene rings is 2. The van der Waals surface area contributed by atoms with E-state index in [1.807, 2.05) is 35.0 Å². The summed E-state index contributed by atoms with van der Waals surface area (Å²) in [5.74, 6) is 1.66. The molecule has 1 aromatic heterocycles. The van der Waals surface area contributed by atoms with Crippen molar-refractivity contribution >= 4 is 40.5 Å². The fourth-order valence-electron chi connectivity index (χ4n) is 3.49. The van der Waals surface area contributed by atoms with Gasteiger partial charge in [-0.2, -0.15) is 0 Å². The SMILES string of the molecule is COc1ccc(-n2nc(Nc3ccc(Cl)c(Cl)c3)c3c2CC(C)CC3=O)cc1. The quantitative estimate of drug-likeness (QED) is 0.593. The van der Waals surface area contributed by atoms with Crippen LogP contribution in [-0.2, 0) is 6.42 Å². The normalized spacial score (nSPS) is 16.0. The van der Waals surface area contributed by atoms with Gasteiger partial charge >= 0.3 is 0 Å². The molecular weight excluding hydrogens is 397 g/mol. The zero-order valence-electron chi connectivity index (χ0n) is 15.5. The Morgan fingerprint density at radius 2 is 1.86 bits per heavy atom. The van der Waals surface area contributed by atoms with Crippen LogP contribution in [0.4, 0.5) is 11.5 Å². The largest absolute Gasteiger partial charge is 0.497 e. The summed E-state index contributed by atoms with van der Waals surface area (Å²) in [6, 6.07) is 12.9. The lowest BCUT2D eigenvalue weighted by atomic mass is 9.87. The van der Waals surface area contributed by atoms with Crippen molar-refractivity contribution in [3.05, 3.63) is 63.8 Å². The third-order valence-corrected chi connectivity index (χ3v) is 5.57. The second kappa shape index (κ2) is 7.49. The lowest BCUT2D eigenvalue weighted by Crippen LogP contribution is -2.19. The van der Waals surface area contributed by atoms with Crippen molar-refractivity contribution < 1.29 is 9.53 Å². The molecule has 1 heterocycles. The van der Waals surface area contributed by atoms with E-state index in [0.29, 0.717) is 27.8 Å². The summed E-state index contributed by atoms with van der Waals surface area (Å²) in [5, 5.41) is 8.87. The Labute approximate surface area is 173 Å². The van der Waals surface area contributed by atoms with Crippen LogP contribution in [-0.4, -0.2) is 22.7 Å². The topological polar surface area (TPSA) is 56.1 Å². The maximum atomic E-state index is 12.8. The molecule has 3 aromatic rings. The first-order chi connectivity index (χ1) is 13.5. The van der Waals surface area contributed by atoms with Gasteiger partial charge in [-0.3, -0.25) is 4.79 Å². The highest BCUT2D eigenvalue weighted by atomic mass is 35.5. The van der Waals surface area contributed by atoms with Gasteiger partial charge in [-0.05, 0) is 54.8 Å². The zero-order chi connectivity index (χ0) is 19.8. The lowest BCUT2D eigenvalue weighted by molar-refractivity contribution is 0.0953. The van der Waals surface area contributed by atoms with Gasteiger partial charge in [-0.1, -0.05) is 30.1 Å². The molecule has 0 amide bonds. The molecule has 28 heavy (non-hydrogen) atoms. The maximum Gasteiger partial charge on any atom is 0.168 e. The number of hydrogen-bond acceptors (Lipinski definition) is 4. The molecule has 4 rings (SSSR count). The van der Waals surface area contributed by atoms with Gasteiger partial charge < -0.3 is 10.1 Å². The second-order valence-electron chi connectivity index (χ2n) is 6.97. The number of ketones is 1. The number of halogens is 2. The number of ether oxygens (including phenoxy) is 1. The van der Waals surface area contributed by atoms with E-state index in [2.05, 4.69) is 12.2 Å². The summed E-state index contributed by atoms with van der Waals surface area (Å²) in [6.45, 7) is 2.08.